The summed E-state index contributed by atoms with van der Waals surface area (Å²) < 4.78 is 16.5. The molecular formula is C24H20ClN3O4S. The minimum absolute atomic E-state index is 0.0921. The summed E-state index contributed by atoms with van der Waals surface area (Å²) in [5, 5.41) is 6.19. The van der Waals surface area contributed by atoms with Crippen LogP contribution in [-0.2, 0) is 0 Å². The Morgan fingerprint density at radius 2 is 1.79 bits per heavy atom. The van der Waals surface area contributed by atoms with Crippen molar-refractivity contribution >= 4 is 51.6 Å². The molecule has 33 heavy (non-hydrogen) atoms. The number of carbonyl (C=O) groups is 1. The Morgan fingerprint density at radius 3 is 2.48 bits per heavy atom. The number of hydrogen-bond donors (Lipinski definition) is 2. The number of carbonyl (C=O) groups excluding carboxylic acids is 1. The van der Waals surface area contributed by atoms with Crippen LogP contribution in [0.2, 0.25) is 5.02 Å². The third-order valence-electron chi connectivity index (χ3n) is 4.88. The molecule has 0 spiro atoms. The average molecular weight is 482 g/mol. The number of ether oxygens (including phenoxy) is 2. The van der Waals surface area contributed by atoms with Crippen molar-refractivity contribution in [1.29, 1.82) is 0 Å². The van der Waals surface area contributed by atoms with Crippen LogP contribution in [0, 0.1) is 6.92 Å². The van der Waals surface area contributed by atoms with Crippen molar-refractivity contribution in [2.75, 3.05) is 19.5 Å². The number of nitrogens with zero attached hydrogens (tertiary/aromatic N) is 1. The van der Waals surface area contributed by atoms with E-state index in [1.165, 1.54) is 14.2 Å². The summed E-state index contributed by atoms with van der Waals surface area (Å²) >= 11 is 11.7. The molecule has 0 aliphatic rings. The molecule has 0 fully saturated rings. The van der Waals surface area contributed by atoms with Crippen LogP contribution in [0.5, 0.6) is 11.5 Å². The molecule has 9 heteroatoms. The average Bonchev–Trinajstić information content (AvgIpc) is 3.22. The van der Waals surface area contributed by atoms with Gasteiger partial charge in [-0.25, -0.2) is 4.98 Å². The summed E-state index contributed by atoms with van der Waals surface area (Å²) in [6.07, 6.45) is 0. The highest BCUT2D eigenvalue weighted by Gasteiger charge is 2.19. The van der Waals surface area contributed by atoms with E-state index in [0.29, 0.717) is 39.2 Å². The van der Waals surface area contributed by atoms with Gasteiger partial charge in [0.05, 0.1) is 24.8 Å². The summed E-state index contributed by atoms with van der Waals surface area (Å²) in [6, 6.07) is 16.0. The number of aryl methyl sites for hydroxylation is 1. The molecular weight excluding hydrogens is 462 g/mol. The van der Waals surface area contributed by atoms with Crippen LogP contribution in [0.15, 0.2) is 59.0 Å². The lowest BCUT2D eigenvalue weighted by Crippen LogP contribution is -2.34. The van der Waals surface area contributed by atoms with Crippen LogP contribution in [0.3, 0.4) is 0 Å². The monoisotopic (exact) mass is 481 g/mol. The number of anilines is 1. The van der Waals surface area contributed by atoms with Gasteiger partial charge in [-0.05, 0) is 67.2 Å². The van der Waals surface area contributed by atoms with Crippen molar-refractivity contribution < 1.29 is 18.7 Å². The predicted molar refractivity (Wildman–Crippen MR) is 132 cm³/mol. The van der Waals surface area contributed by atoms with Gasteiger partial charge in [0.2, 0.25) is 5.89 Å². The second-order valence-electron chi connectivity index (χ2n) is 7.13. The summed E-state index contributed by atoms with van der Waals surface area (Å²) in [7, 11) is 2.95. The number of halogens is 1. The maximum absolute atomic E-state index is 12.8. The first-order chi connectivity index (χ1) is 15.9. The molecule has 0 radical (unpaired) electrons. The number of rotatable bonds is 5. The van der Waals surface area contributed by atoms with Crippen molar-refractivity contribution in [3.63, 3.8) is 0 Å². The third-order valence-corrected chi connectivity index (χ3v) is 5.41. The second-order valence-corrected chi connectivity index (χ2v) is 7.95. The largest absolute Gasteiger partial charge is 0.496 e. The summed E-state index contributed by atoms with van der Waals surface area (Å²) in [5.74, 6) is 0.660. The number of aromatic nitrogens is 1. The zero-order chi connectivity index (χ0) is 23.5. The minimum atomic E-state index is -0.467. The second kappa shape index (κ2) is 9.48. The fourth-order valence-electron chi connectivity index (χ4n) is 3.32. The van der Waals surface area contributed by atoms with Crippen LogP contribution in [-0.4, -0.2) is 30.2 Å². The number of nitrogens with one attached hydrogen (secondary N) is 2. The lowest BCUT2D eigenvalue weighted by molar-refractivity contribution is 0.0971. The van der Waals surface area contributed by atoms with Gasteiger partial charge >= 0.3 is 0 Å². The first-order valence-electron chi connectivity index (χ1n) is 9.90. The predicted octanol–water partition coefficient (Wildman–Crippen LogP) is 5.60. The van der Waals surface area contributed by atoms with Crippen LogP contribution in [0.25, 0.3) is 22.6 Å². The van der Waals surface area contributed by atoms with Crippen molar-refractivity contribution in [3.05, 3.63) is 70.7 Å². The highest BCUT2D eigenvalue weighted by molar-refractivity contribution is 7.80. The quantitative estimate of drug-likeness (QED) is 0.359. The molecule has 0 saturated carbocycles. The zero-order valence-electron chi connectivity index (χ0n) is 18.1. The van der Waals surface area contributed by atoms with Crippen molar-refractivity contribution in [3.8, 4) is 23.0 Å². The van der Waals surface area contributed by atoms with E-state index in [-0.39, 0.29) is 10.7 Å². The summed E-state index contributed by atoms with van der Waals surface area (Å²) in [5.41, 5.74) is 3.91. The molecule has 2 N–H and O–H groups in total. The van der Waals surface area contributed by atoms with E-state index in [2.05, 4.69) is 15.6 Å². The van der Waals surface area contributed by atoms with E-state index in [0.717, 1.165) is 11.1 Å². The van der Waals surface area contributed by atoms with Gasteiger partial charge in [-0.1, -0.05) is 23.7 Å². The molecule has 0 saturated heterocycles. The van der Waals surface area contributed by atoms with Gasteiger partial charge in [0.1, 0.15) is 22.6 Å². The fraction of sp³-hybridized carbons (Fsp3) is 0.125. The molecule has 0 bridgehead atoms. The van der Waals surface area contributed by atoms with Gasteiger partial charge < -0.3 is 19.2 Å². The van der Waals surface area contributed by atoms with Crippen molar-refractivity contribution in [2.24, 2.45) is 0 Å². The summed E-state index contributed by atoms with van der Waals surface area (Å²) in [4.78, 5) is 17.4. The Balaban J connectivity index is 1.55. The number of hydrogen-bond acceptors (Lipinski definition) is 6. The van der Waals surface area contributed by atoms with Crippen LogP contribution in [0.4, 0.5) is 5.69 Å². The normalized spacial score (nSPS) is 10.7. The van der Waals surface area contributed by atoms with Gasteiger partial charge in [0.25, 0.3) is 5.91 Å². The van der Waals surface area contributed by atoms with Gasteiger partial charge in [-0.15, -0.1) is 0 Å². The summed E-state index contributed by atoms with van der Waals surface area (Å²) in [6.45, 7) is 1.98. The molecule has 0 unspecified atom stereocenters. The van der Waals surface area contributed by atoms with Crippen molar-refractivity contribution in [2.45, 2.75) is 6.92 Å². The van der Waals surface area contributed by atoms with E-state index in [1.807, 2.05) is 25.1 Å². The Morgan fingerprint density at radius 1 is 1.06 bits per heavy atom. The Bertz CT molecular complexity index is 1350. The van der Waals surface area contributed by atoms with E-state index >= 15 is 0 Å². The molecule has 0 aliphatic heterocycles. The third kappa shape index (κ3) is 4.76. The minimum Gasteiger partial charge on any atom is -0.496 e. The standard InChI is InChI=1S/C24H20ClN3O4S/c1-13-7-10-17-20(11-13)32-23(27-17)15-12-14(8-9-16(15)25)26-24(33)28-22(29)21-18(30-2)5-4-6-19(21)31-3/h4-12H,1-3H3,(H2,26,28,29,33). The lowest BCUT2D eigenvalue weighted by Gasteiger charge is -2.14. The highest BCUT2D eigenvalue weighted by Crippen LogP contribution is 2.33. The molecule has 3 aromatic carbocycles. The number of thiocarbonyl (C=S) groups is 1. The maximum atomic E-state index is 12.8. The number of methoxy groups -OCH3 is 2. The number of amides is 1. The maximum Gasteiger partial charge on any atom is 0.264 e. The lowest BCUT2D eigenvalue weighted by atomic mass is 10.1. The van der Waals surface area contributed by atoms with Gasteiger partial charge in [-0.3, -0.25) is 10.1 Å². The van der Waals surface area contributed by atoms with Crippen LogP contribution < -0.4 is 20.1 Å². The van der Waals surface area contributed by atoms with E-state index in [1.54, 1.807) is 36.4 Å². The topological polar surface area (TPSA) is 85.6 Å². The van der Waals surface area contributed by atoms with Crippen LogP contribution in [0.1, 0.15) is 15.9 Å². The SMILES string of the molecule is COc1cccc(OC)c1C(=O)NC(=S)Nc1ccc(Cl)c(-c2nc3ccc(C)cc3o2)c1. The molecule has 4 aromatic rings. The Kier molecular flexibility index (Phi) is 6.48. The Hall–Kier alpha value is -3.62. The van der Waals surface area contributed by atoms with Crippen molar-refractivity contribution in [1.82, 2.24) is 10.3 Å². The van der Waals surface area contributed by atoms with Gasteiger partial charge in [0.15, 0.2) is 10.7 Å². The molecule has 0 aliphatic carbocycles. The molecule has 7 nitrogen and oxygen atoms in total. The number of oxazole rings is 1. The highest BCUT2D eigenvalue weighted by atomic mass is 35.5. The molecule has 1 heterocycles. The molecule has 1 aromatic heterocycles. The van der Waals surface area contributed by atoms with E-state index < -0.39 is 5.91 Å². The fourth-order valence-corrected chi connectivity index (χ4v) is 3.73. The number of fused-ring (bicyclic) bond motifs is 1. The van der Waals surface area contributed by atoms with E-state index in [4.69, 9.17) is 37.7 Å². The Labute approximate surface area is 200 Å². The van der Waals surface area contributed by atoms with Gasteiger partial charge in [-0.2, -0.15) is 0 Å². The van der Waals surface area contributed by atoms with E-state index in [9.17, 15) is 4.79 Å². The van der Waals surface area contributed by atoms with Gasteiger partial charge in [0, 0.05) is 5.69 Å². The molecule has 168 valence electrons. The first kappa shape index (κ1) is 22.6. The first-order valence-corrected chi connectivity index (χ1v) is 10.7. The number of benzene rings is 3. The molecule has 1 amide bonds. The molecule has 0 atom stereocenters. The molecule has 4 rings (SSSR count). The zero-order valence-corrected chi connectivity index (χ0v) is 19.6. The smallest absolute Gasteiger partial charge is 0.264 e. The van der Waals surface area contributed by atoms with Crippen LogP contribution >= 0.6 is 23.8 Å².